The van der Waals surface area contributed by atoms with Crippen LogP contribution in [0.4, 0.5) is 5.69 Å². The molecule has 0 amide bonds. The molecule has 0 aliphatic carbocycles. The van der Waals surface area contributed by atoms with E-state index < -0.39 is 0 Å². The molecule has 0 saturated carbocycles. The normalized spacial score (nSPS) is 14.4. The molecule has 25 heavy (non-hydrogen) atoms. The van der Waals surface area contributed by atoms with Crippen molar-refractivity contribution in [2.75, 3.05) is 43.4 Å². The number of aromatic hydroxyl groups is 1. The highest BCUT2D eigenvalue weighted by molar-refractivity contribution is 7.99. The molecule has 1 heterocycles. The van der Waals surface area contributed by atoms with E-state index in [1.807, 2.05) is 30.0 Å². The minimum Gasteiger partial charge on any atom is -0.508 e. The highest BCUT2D eigenvalue weighted by Crippen LogP contribution is 2.20. The molecule has 0 spiro atoms. The van der Waals surface area contributed by atoms with Gasteiger partial charge in [-0.25, -0.2) is 0 Å². The second kappa shape index (κ2) is 8.97. The summed E-state index contributed by atoms with van der Waals surface area (Å²) in [6.07, 6.45) is 0. The molecule has 0 unspecified atom stereocenters. The third-order valence-electron chi connectivity index (χ3n) is 4.17. The molecule has 2 aromatic carbocycles. The Hall–Kier alpha value is -1.92. The lowest BCUT2D eigenvalue weighted by Gasteiger charge is -2.37. The minimum atomic E-state index is 0.307. The Balaban J connectivity index is 1.37. The predicted octanol–water partition coefficient (Wildman–Crippen LogP) is 3.18. The van der Waals surface area contributed by atoms with Crippen LogP contribution >= 0.6 is 24.0 Å². The zero-order chi connectivity index (χ0) is 17.5. The first-order chi connectivity index (χ1) is 12.2. The van der Waals surface area contributed by atoms with Gasteiger partial charge in [-0.3, -0.25) is 0 Å². The molecule has 4 nitrogen and oxygen atoms in total. The monoisotopic (exact) mass is 373 g/mol. The van der Waals surface area contributed by atoms with E-state index in [1.54, 1.807) is 12.1 Å². The first kappa shape index (κ1) is 17.9. The van der Waals surface area contributed by atoms with Crippen LogP contribution in [0.25, 0.3) is 0 Å². The smallest absolute Gasteiger partial charge is 0.169 e. The summed E-state index contributed by atoms with van der Waals surface area (Å²) in [6, 6.07) is 17.8. The van der Waals surface area contributed by atoms with Crippen molar-refractivity contribution in [3.63, 3.8) is 0 Å². The number of thioether (sulfide) groups is 1. The maximum atomic E-state index is 9.39. The van der Waals surface area contributed by atoms with Crippen molar-refractivity contribution < 1.29 is 5.11 Å². The Bertz CT molecular complexity index is 671. The maximum Gasteiger partial charge on any atom is 0.169 e. The number of benzene rings is 2. The van der Waals surface area contributed by atoms with Crippen molar-refractivity contribution >= 4 is 34.8 Å². The van der Waals surface area contributed by atoms with Gasteiger partial charge in [-0.1, -0.05) is 18.2 Å². The second-order valence-electron chi connectivity index (χ2n) is 5.88. The Morgan fingerprint density at radius 2 is 1.68 bits per heavy atom. The molecule has 0 radical (unpaired) electrons. The molecule has 6 heteroatoms. The number of anilines is 1. The Morgan fingerprint density at radius 3 is 2.36 bits per heavy atom. The van der Waals surface area contributed by atoms with Crippen molar-refractivity contribution in [1.82, 2.24) is 10.2 Å². The summed E-state index contributed by atoms with van der Waals surface area (Å²) in [6.45, 7) is 4.57. The Morgan fingerprint density at radius 1 is 1.00 bits per heavy atom. The molecule has 1 saturated heterocycles. The van der Waals surface area contributed by atoms with Gasteiger partial charge < -0.3 is 20.2 Å². The molecule has 0 aromatic heterocycles. The third-order valence-corrected chi connectivity index (χ3v) is 5.59. The third kappa shape index (κ3) is 5.28. The quantitative estimate of drug-likeness (QED) is 0.476. The highest BCUT2D eigenvalue weighted by Gasteiger charge is 2.18. The average molecular weight is 374 g/mol. The lowest BCUT2D eigenvalue weighted by molar-refractivity contribution is 0.381. The minimum absolute atomic E-state index is 0.307. The number of nitrogens with zero attached hydrogens (tertiary/aromatic N) is 2. The molecule has 132 valence electrons. The van der Waals surface area contributed by atoms with Crippen LogP contribution in [0.2, 0.25) is 0 Å². The average Bonchev–Trinajstić information content (AvgIpc) is 2.67. The van der Waals surface area contributed by atoms with Crippen LogP contribution in [0, 0.1) is 0 Å². The van der Waals surface area contributed by atoms with Crippen LogP contribution in [0.3, 0.4) is 0 Å². The molecular weight excluding hydrogens is 350 g/mol. The van der Waals surface area contributed by atoms with Gasteiger partial charge in [0.1, 0.15) is 5.75 Å². The van der Waals surface area contributed by atoms with Crippen LogP contribution in [-0.2, 0) is 0 Å². The van der Waals surface area contributed by atoms with Crippen molar-refractivity contribution in [3.05, 3.63) is 54.6 Å². The molecule has 1 aliphatic rings. The van der Waals surface area contributed by atoms with Crippen LogP contribution < -0.4 is 10.2 Å². The van der Waals surface area contributed by atoms with E-state index in [2.05, 4.69) is 39.4 Å². The van der Waals surface area contributed by atoms with Gasteiger partial charge in [-0.05, 0) is 48.6 Å². The van der Waals surface area contributed by atoms with Gasteiger partial charge >= 0.3 is 0 Å². The number of thiocarbonyl (C=S) groups is 1. The van der Waals surface area contributed by atoms with Gasteiger partial charge in [0.2, 0.25) is 0 Å². The van der Waals surface area contributed by atoms with Gasteiger partial charge in [0.25, 0.3) is 0 Å². The molecule has 2 N–H and O–H groups in total. The maximum absolute atomic E-state index is 9.39. The van der Waals surface area contributed by atoms with Crippen molar-refractivity contribution in [2.24, 2.45) is 0 Å². The van der Waals surface area contributed by atoms with Crippen LogP contribution in [0.15, 0.2) is 59.5 Å². The van der Waals surface area contributed by atoms with Crippen molar-refractivity contribution in [2.45, 2.75) is 4.90 Å². The lowest BCUT2D eigenvalue weighted by Crippen LogP contribution is -2.52. The van der Waals surface area contributed by atoms with E-state index >= 15 is 0 Å². The molecule has 0 atom stereocenters. The molecule has 1 fully saturated rings. The van der Waals surface area contributed by atoms with Gasteiger partial charge in [-0.15, -0.1) is 11.8 Å². The summed E-state index contributed by atoms with van der Waals surface area (Å²) < 4.78 is 0. The number of rotatable bonds is 5. The first-order valence-electron chi connectivity index (χ1n) is 8.47. The zero-order valence-corrected chi connectivity index (χ0v) is 15.7. The van der Waals surface area contributed by atoms with Gasteiger partial charge in [-0.2, -0.15) is 0 Å². The number of hydrogen-bond acceptors (Lipinski definition) is 4. The molecule has 1 aliphatic heterocycles. The lowest BCUT2D eigenvalue weighted by atomic mass is 10.2. The fourth-order valence-corrected chi connectivity index (χ4v) is 3.86. The summed E-state index contributed by atoms with van der Waals surface area (Å²) in [4.78, 5) is 5.85. The molecular formula is C19H23N3OS2. The van der Waals surface area contributed by atoms with E-state index in [9.17, 15) is 5.11 Å². The van der Waals surface area contributed by atoms with Gasteiger partial charge in [0, 0.05) is 49.1 Å². The largest absolute Gasteiger partial charge is 0.508 e. The SMILES string of the molecule is Oc1ccc(N2CCN(C(=S)NCCSc3ccccc3)CC2)cc1. The second-order valence-corrected chi connectivity index (χ2v) is 7.44. The highest BCUT2D eigenvalue weighted by atomic mass is 32.2. The zero-order valence-electron chi connectivity index (χ0n) is 14.1. The Labute approximate surface area is 158 Å². The van der Waals surface area contributed by atoms with Crippen molar-refractivity contribution in [3.8, 4) is 5.75 Å². The van der Waals surface area contributed by atoms with Gasteiger partial charge in [0.05, 0.1) is 0 Å². The molecule has 0 bridgehead atoms. The van der Waals surface area contributed by atoms with Crippen LogP contribution in [0.1, 0.15) is 0 Å². The predicted molar refractivity (Wildman–Crippen MR) is 110 cm³/mol. The van der Waals surface area contributed by atoms with E-state index in [4.69, 9.17) is 12.2 Å². The van der Waals surface area contributed by atoms with Crippen LogP contribution in [-0.4, -0.2) is 53.6 Å². The van der Waals surface area contributed by atoms with Crippen LogP contribution in [0.5, 0.6) is 5.75 Å². The summed E-state index contributed by atoms with van der Waals surface area (Å²) in [5.74, 6) is 1.30. The Kier molecular flexibility index (Phi) is 6.42. The molecule has 2 aromatic rings. The summed E-state index contributed by atoms with van der Waals surface area (Å²) >= 11 is 7.37. The number of phenols is 1. The standard InChI is InChI=1S/C19H23N3OS2/c23-17-8-6-16(7-9-17)21-11-13-22(14-12-21)19(24)20-10-15-25-18-4-2-1-3-5-18/h1-9,23H,10-15H2,(H,20,24). The number of piperazine rings is 1. The number of nitrogens with one attached hydrogen (secondary N) is 1. The number of phenolic OH excluding ortho intramolecular Hbond substituents is 1. The number of hydrogen-bond donors (Lipinski definition) is 2. The van der Waals surface area contributed by atoms with E-state index in [1.165, 1.54) is 4.90 Å². The molecule has 3 rings (SSSR count). The summed E-state index contributed by atoms with van der Waals surface area (Å²) in [5, 5.41) is 13.6. The topological polar surface area (TPSA) is 38.7 Å². The van der Waals surface area contributed by atoms with Gasteiger partial charge in [0.15, 0.2) is 5.11 Å². The van der Waals surface area contributed by atoms with E-state index in [0.717, 1.165) is 49.3 Å². The van der Waals surface area contributed by atoms with E-state index in [0.29, 0.717) is 5.75 Å². The van der Waals surface area contributed by atoms with Crippen molar-refractivity contribution in [1.29, 1.82) is 0 Å². The fourth-order valence-electron chi connectivity index (χ4n) is 2.79. The van der Waals surface area contributed by atoms with E-state index in [-0.39, 0.29) is 0 Å². The summed E-state index contributed by atoms with van der Waals surface area (Å²) in [7, 11) is 0. The fraction of sp³-hybridized carbons (Fsp3) is 0.316. The first-order valence-corrected chi connectivity index (χ1v) is 9.86. The summed E-state index contributed by atoms with van der Waals surface area (Å²) in [5.41, 5.74) is 1.15.